The molecule has 0 atom stereocenters. The number of halogens is 3. The Hall–Kier alpha value is -2.54. The van der Waals surface area contributed by atoms with Crippen LogP contribution in [0, 0.1) is 0 Å². The largest absolute Gasteiger partial charge is 0.438 e. The molecule has 0 aromatic heterocycles. The van der Waals surface area contributed by atoms with E-state index in [0.29, 0.717) is 31.5 Å². The van der Waals surface area contributed by atoms with E-state index in [0.717, 1.165) is 18.7 Å². The Kier molecular flexibility index (Phi) is 5.93. The normalized spacial score (nSPS) is 17.1. The molecule has 1 amide bonds. The quantitative estimate of drug-likeness (QED) is 0.830. The zero-order chi connectivity index (χ0) is 20.2. The van der Waals surface area contributed by atoms with E-state index in [2.05, 4.69) is 10.2 Å². The molecule has 150 valence electrons. The highest BCUT2D eigenvalue weighted by atomic mass is 19.4. The number of piperidine rings is 1. The molecule has 28 heavy (non-hydrogen) atoms. The summed E-state index contributed by atoms with van der Waals surface area (Å²) in [5.74, 6) is 0. The van der Waals surface area contributed by atoms with Crippen LogP contribution in [0.2, 0.25) is 0 Å². The predicted octanol–water partition coefficient (Wildman–Crippen LogP) is 4.55. The van der Waals surface area contributed by atoms with Crippen LogP contribution in [0.15, 0.2) is 54.6 Å². The van der Waals surface area contributed by atoms with Gasteiger partial charge >= 0.3 is 12.3 Å². The van der Waals surface area contributed by atoms with Gasteiger partial charge in [0.25, 0.3) is 0 Å². The van der Waals surface area contributed by atoms with E-state index in [1.165, 1.54) is 18.7 Å². The summed E-state index contributed by atoms with van der Waals surface area (Å²) in [5.41, 5.74) is -0.266. The second kappa shape index (κ2) is 8.22. The van der Waals surface area contributed by atoms with E-state index in [1.54, 1.807) is 6.07 Å². The number of hydrogen-bond donors (Lipinski definition) is 1. The van der Waals surface area contributed by atoms with E-state index in [4.69, 9.17) is 4.74 Å². The van der Waals surface area contributed by atoms with E-state index < -0.39 is 23.4 Å². The predicted molar refractivity (Wildman–Crippen MR) is 99.6 cm³/mol. The smallest absolute Gasteiger partial charge is 0.416 e. The summed E-state index contributed by atoms with van der Waals surface area (Å²) in [6, 6.07) is 15.1. The summed E-state index contributed by atoms with van der Waals surface area (Å²) < 4.78 is 45.1. The van der Waals surface area contributed by atoms with Gasteiger partial charge in [0.05, 0.1) is 5.56 Å². The number of nitrogens with zero attached hydrogens (tertiary/aromatic N) is 1. The summed E-state index contributed by atoms with van der Waals surface area (Å²) in [6.07, 6.45) is -4.24. The van der Waals surface area contributed by atoms with Gasteiger partial charge in [0.1, 0.15) is 5.60 Å². The van der Waals surface area contributed by atoms with E-state index in [-0.39, 0.29) is 0 Å². The first-order valence-corrected chi connectivity index (χ1v) is 9.17. The molecule has 1 fully saturated rings. The Balaban J connectivity index is 1.82. The number of carbonyl (C=O) groups is 1. The van der Waals surface area contributed by atoms with Gasteiger partial charge in [-0.25, -0.2) is 4.79 Å². The molecule has 7 heteroatoms. The Labute approximate surface area is 162 Å². The number of alkyl carbamates (subject to hydrolysis) is 1. The average molecular weight is 392 g/mol. The third kappa shape index (κ3) is 4.65. The molecule has 0 aliphatic carbocycles. The topological polar surface area (TPSA) is 41.6 Å². The Bertz CT molecular complexity index is 801. The van der Waals surface area contributed by atoms with Crippen molar-refractivity contribution in [3.05, 3.63) is 71.3 Å². The second-order valence-electron chi connectivity index (χ2n) is 6.97. The lowest BCUT2D eigenvalue weighted by Gasteiger charge is -2.41. The molecular formula is C21H23F3N2O2. The number of amides is 1. The highest BCUT2D eigenvalue weighted by Gasteiger charge is 2.41. The second-order valence-corrected chi connectivity index (χ2v) is 6.97. The minimum atomic E-state index is -4.45. The highest BCUT2D eigenvalue weighted by Crippen LogP contribution is 2.40. The van der Waals surface area contributed by atoms with Crippen LogP contribution in [0.5, 0.6) is 0 Å². The monoisotopic (exact) mass is 392 g/mol. The number of likely N-dealkylation sites (tertiary alicyclic amines) is 1. The maximum atomic E-state index is 13.2. The molecule has 1 heterocycles. The molecule has 2 aromatic carbocycles. The van der Waals surface area contributed by atoms with Crippen LogP contribution in [-0.2, 0) is 23.1 Å². The first kappa shape index (κ1) is 20.2. The van der Waals surface area contributed by atoms with Crippen molar-refractivity contribution in [2.45, 2.75) is 31.2 Å². The van der Waals surface area contributed by atoms with Gasteiger partial charge in [-0.05, 0) is 23.3 Å². The molecular weight excluding hydrogens is 369 g/mol. The first-order chi connectivity index (χ1) is 13.3. The first-order valence-electron chi connectivity index (χ1n) is 9.17. The number of ether oxygens (including phenoxy) is 1. The molecule has 4 nitrogen and oxygen atoms in total. The molecule has 0 radical (unpaired) electrons. The number of alkyl halides is 3. The van der Waals surface area contributed by atoms with Crippen molar-refractivity contribution in [3.8, 4) is 0 Å². The van der Waals surface area contributed by atoms with E-state index >= 15 is 0 Å². The number of rotatable bonds is 4. The molecule has 0 spiro atoms. The molecule has 1 saturated heterocycles. The van der Waals surface area contributed by atoms with Crippen molar-refractivity contribution in [1.29, 1.82) is 0 Å². The van der Waals surface area contributed by atoms with Gasteiger partial charge in [0.2, 0.25) is 0 Å². The minimum Gasteiger partial charge on any atom is -0.438 e. The summed E-state index contributed by atoms with van der Waals surface area (Å²) in [5, 5.41) is 2.41. The molecule has 2 aromatic rings. The third-order valence-corrected chi connectivity index (χ3v) is 5.12. The summed E-state index contributed by atoms with van der Waals surface area (Å²) >= 11 is 0. The SMILES string of the molecule is CNC(=O)OC1(c2cccc(C(F)(F)F)c2)CCN(Cc2ccccc2)CC1. The molecule has 1 aliphatic rings. The fourth-order valence-electron chi connectivity index (χ4n) is 3.57. The van der Waals surface area contributed by atoms with Gasteiger partial charge in [0, 0.05) is 39.5 Å². The molecule has 1 aliphatic heterocycles. The summed E-state index contributed by atoms with van der Waals surface area (Å²) in [4.78, 5) is 14.2. The van der Waals surface area contributed by atoms with Crippen molar-refractivity contribution in [1.82, 2.24) is 10.2 Å². The lowest BCUT2D eigenvalue weighted by atomic mass is 9.83. The standard InChI is InChI=1S/C21H23F3N2O2/c1-25-19(27)28-20(17-8-5-9-18(14-17)21(22,23)24)10-12-26(13-11-20)15-16-6-3-2-4-7-16/h2-9,14H,10-13,15H2,1H3,(H,25,27). The highest BCUT2D eigenvalue weighted by molar-refractivity contribution is 5.67. The summed E-state index contributed by atoms with van der Waals surface area (Å²) in [7, 11) is 1.44. The van der Waals surface area contributed by atoms with Crippen LogP contribution < -0.4 is 5.32 Å². The van der Waals surface area contributed by atoms with Crippen molar-refractivity contribution < 1.29 is 22.7 Å². The number of nitrogens with one attached hydrogen (secondary N) is 1. The minimum absolute atomic E-state index is 0.380. The third-order valence-electron chi connectivity index (χ3n) is 5.12. The maximum Gasteiger partial charge on any atom is 0.416 e. The van der Waals surface area contributed by atoms with Crippen LogP contribution in [0.3, 0.4) is 0 Å². The van der Waals surface area contributed by atoms with Crippen molar-refractivity contribution in [2.24, 2.45) is 0 Å². The number of carbonyl (C=O) groups excluding carboxylic acids is 1. The number of benzene rings is 2. The maximum absolute atomic E-state index is 13.2. The van der Waals surface area contributed by atoms with Gasteiger partial charge in [-0.2, -0.15) is 13.2 Å². The Morgan fingerprint density at radius 2 is 1.79 bits per heavy atom. The van der Waals surface area contributed by atoms with Crippen LogP contribution in [-0.4, -0.2) is 31.1 Å². The molecule has 1 N–H and O–H groups in total. The average Bonchev–Trinajstić information content (AvgIpc) is 2.70. The Morgan fingerprint density at radius 3 is 2.39 bits per heavy atom. The van der Waals surface area contributed by atoms with Gasteiger partial charge in [-0.15, -0.1) is 0 Å². The fourth-order valence-corrected chi connectivity index (χ4v) is 3.57. The van der Waals surface area contributed by atoms with E-state index in [9.17, 15) is 18.0 Å². The summed E-state index contributed by atoms with van der Waals surface area (Å²) in [6.45, 7) is 1.98. The fraction of sp³-hybridized carbons (Fsp3) is 0.381. The lowest BCUT2D eigenvalue weighted by molar-refractivity contribution is -0.137. The van der Waals surface area contributed by atoms with Crippen LogP contribution >= 0.6 is 0 Å². The van der Waals surface area contributed by atoms with Crippen molar-refractivity contribution >= 4 is 6.09 Å². The van der Waals surface area contributed by atoms with Crippen molar-refractivity contribution in [2.75, 3.05) is 20.1 Å². The molecule has 0 saturated carbocycles. The zero-order valence-corrected chi connectivity index (χ0v) is 15.6. The van der Waals surface area contributed by atoms with Gasteiger partial charge < -0.3 is 10.1 Å². The zero-order valence-electron chi connectivity index (χ0n) is 15.6. The van der Waals surface area contributed by atoms with Gasteiger partial charge in [-0.1, -0.05) is 42.5 Å². The lowest BCUT2D eigenvalue weighted by Crippen LogP contribution is -2.46. The Morgan fingerprint density at radius 1 is 1.11 bits per heavy atom. The molecule has 3 rings (SSSR count). The van der Waals surface area contributed by atoms with Crippen molar-refractivity contribution in [3.63, 3.8) is 0 Å². The van der Waals surface area contributed by atoms with Crippen LogP contribution in [0.1, 0.15) is 29.5 Å². The molecule has 0 bridgehead atoms. The van der Waals surface area contributed by atoms with Gasteiger partial charge in [-0.3, -0.25) is 4.90 Å². The molecule has 0 unspecified atom stereocenters. The van der Waals surface area contributed by atoms with E-state index in [1.807, 2.05) is 30.3 Å². The van der Waals surface area contributed by atoms with Crippen LogP contribution in [0.25, 0.3) is 0 Å². The van der Waals surface area contributed by atoms with Crippen LogP contribution in [0.4, 0.5) is 18.0 Å². The van der Waals surface area contributed by atoms with Gasteiger partial charge in [0.15, 0.2) is 0 Å². The number of hydrogen-bond acceptors (Lipinski definition) is 3.